The van der Waals surface area contributed by atoms with Crippen LogP contribution in [-0.4, -0.2) is 64.5 Å². The summed E-state index contributed by atoms with van der Waals surface area (Å²) in [5.74, 6) is -3.02. The van der Waals surface area contributed by atoms with Crippen LogP contribution in [0.3, 0.4) is 0 Å². The molecule has 1 saturated heterocycles. The molecule has 2 aromatic rings. The number of aromatic nitrogens is 1. The minimum Gasteiger partial charge on any atom is -0.459 e. The Bertz CT molecular complexity index is 1360. The molecule has 1 aliphatic heterocycles. The van der Waals surface area contributed by atoms with Crippen molar-refractivity contribution in [3.63, 3.8) is 0 Å². The molecule has 1 aromatic carbocycles. The molecule has 224 valence electrons. The number of carbonyl (C=O) groups excluding carboxylic acids is 4. The van der Waals surface area contributed by atoms with E-state index in [1.54, 1.807) is 48.7 Å². The van der Waals surface area contributed by atoms with Crippen molar-refractivity contribution in [3.05, 3.63) is 66.0 Å². The topological polar surface area (TPSA) is 127 Å². The van der Waals surface area contributed by atoms with E-state index in [4.69, 9.17) is 23.7 Å². The quantitative estimate of drug-likeness (QED) is 0.361. The van der Waals surface area contributed by atoms with Gasteiger partial charge in [0.1, 0.15) is 23.9 Å². The summed E-state index contributed by atoms with van der Waals surface area (Å²) in [5.41, 5.74) is -2.76. The second-order valence-electron chi connectivity index (χ2n) is 12.3. The molecule has 10 heteroatoms. The van der Waals surface area contributed by atoms with Gasteiger partial charge in [-0.25, -0.2) is 9.59 Å². The van der Waals surface area contributed by atoms with Crippen molar-refractivity contribution >= 4 is 23.9 Å². The van der Waals surface area contributed by atoms with Gasteiger partial charge in [-0.15, -0.1) is 0 Å². The van der Waals surface area contributed by atoms with Crippen molar-refractivity contribution in [2.45, 2.75) is 90.0 Å². The lowest BCUT2D eigenvalue weighted by Gasteiger charge is -2.62. The summed E-state index contributed by atoms with van der Waals surface area (Å²) in [6.45, 7) is 10.2. The van der Waals surface area contributed by atoms with Crippen LogP contribution in [0.15, 0.2) is 54.9 Å². The monoisotopic (exact) mass is 579 g/mol. The second-order valence-corrected chi connectivity index (χ2v) is 12.3. The smallest absolute Gasteiger partial charge is 0.340 e. The van der Waals surface area contributed by atoms with E-state index in [-0.39, 0.29) is 30.2 Å². The van der Waals surface area contributed by atoms with Crippen LogP contribution in [0.1, 0.15) is 75.1 Å². The van der Waals surface area contributed by atoms with Gasteiger partial charge in [0.05, 0.1) is 22.1 Å². The van der Waals surface area contributed by atoms with E-state index >= 15 is 0 Å². The van der Waals surface area contributed by atoms with E-state index in [1.807, 2.05) is 27.7 Å². The molecular weight excluding hydrogens is 542 g/mol. The van der Waals surface area contributed by atoms with Crippen molar-refractivity contribution in [2.75, 3.05) is 0 Å². The van der Waals surface area contributed by atoms with Gasteiger partial charge in [-0.2, -0.15) is 0 Å². The van der Waals surface area contributed by atoms with Gasteiger partial charge in [0.15, 0.2) is 6.10 Å². The van der Waals surface area contributed by atoms with Gasteiger partial charge in [-0.1, -0.05) is 25.1 Å². The largest absolute Gasteiger partial charge is 0.459 e. The van der Waals surface area contributed by atoms with Crippen molar-refractivity contribution in [1.29, 1.82) is 0 Å². The van der Waals surface area contributed by atoms with Gasteiger partial charge >= 0.3 is 23.9 Å². The van der Waals surface area contributed by atoms with Gasteiger partial charge in [0, 0.05) is 32.2 Å². The zero-order valence-electron chi connectivity index (χ0n) is 24.7. The molecule has 0 N–H and O–H groups in total. The van der Waals surface area contributed by atoms with Crippen LogP contribution >= 0.6 is 0 Å². The molecule has 0 radical (unpaired) electrons. The maximum Gasteiger partial charge on any atom is 0.340 e. The molecule has 1 spiro atoms. The Morgan fingerprint density at radius 2 is 1.45 bits per heavy atom. The molecule has 2 heterocycles. The Labute approximate surface area is 245 Å². The fourth-order valence-electron chi connectivity index (χ4n) is 7.61. The average Bonchev–Trinajstić information content (AvgIpc) is 3.12. The summed E-state index contributed by atoms with van der Waals surface area (Å²) in [5, 5.41) is 0. The van der Waals surface area contributed by atoms with Gasteiger partial charge < -0.3 is 23.7 Å². The predicted molar refractivity (Wildman–Crippen MR) is 148 cm³/mol. The first-order valence-electron chi connectivity index (χ1n) is 14.2. The first-order valence-corrected chi connectivity index (χ1v) is 14.2. The molecule has 3 fully saturated rings. The van der Waals surface area contributed by atoms with Crippen molar-refractivity contribution in [1.82, 2.24) is 4.98 Å². The lowest BCUT2D eigenvalue weighted by atomic mass is 9.48. The normalized spacial score (nSPS) is 34.4. The molecule has 2 bridgehead atoms. The Kier molecular flexibility index (Phi) is 7.64. The molecule has 0 amide bonds. The maximum absolute atomic E-state index is 13.5. The van der Waals surface area contributed by atoms with Crippen LogP contribution in [-0.2, 0) is 33.3 Å². The highest BCUT2D eigenvalue weighted by atomic mass is 16.6. The van der Waals surface area contributed by atoms with E-state index in [0.717, 1.165) is 0 Å². The zero-order valence-corrected chi connectivity index (χ0v) is 24.7. The Morgan fingerprint density at radius 1 is 0.810 bits per heavy atom. The van der Waals surface area contributed by atoms with Crippen molar-refractivity contribution < 1.29 is 42.9 Å². The Hall–Kier alpha value is -3.79. The molecule has 3 aliphatic rings. The Morgan fingerprint density at radius 3 is 2.07 bits per heavy atom. The molecule has 2 saturated carbocycles. The zero-order chi connectivity index (χ0) is 30.4. The number of hydrogen-bond acceptors (Lipinski definition) is 10. The molecule has 1 aromatic heterocycles. The van der Waals surface area contributed by atoms with Crippen LogP contribution < -0.4 is 0 Å². The summed E-state index contributed by atoms with van der Waals surface area (Å²) < 4.78 is 31.3. The molecule has 8 atom stereocenters. The SMILES string of the molecule is CC(=O)O[C@H]1C[C@@H](C)[C@]23OC(C)(C)[C@H](C[C@H](OC(=O)c4ccccc4)[C@]2(C)[C@H]1OC(C)=O)[C@H]3OC(=O)c1cccnc1. The van der Waals surface area contributed by atoms with Crippen LogP contribution in [0.25, 0.3) is 0 Å². The van der Waals surface area contributed by atoms with Crippen molar-refractivity contribution in [2.24, 2.45) is 17.3 Å². The first kappa shape index (κ1) is 29.7. The Balaban J connectivity index is 1.66. The minimum atomic E-state index is -1.30. The molecule has 2 aliphatic carbocycles. The fraction of sp³-hybridized carbons (Fsp3) is 0.531. The van der Waals surface area contributed by atoms with Gasteiger partial charge in [0.2, 0.25) is 0 Å². The number of fused-ring (bicyclic) bond motifs is 1. The van der Waals surface area contributed by atoms with Crippen LogP contribution in [0, 0.1) is 17.3 Å². The van der Waals surface area contributed by atoms with E-state index in [0.29, 0.717) is 5.56 Å². The highest BCUT2D eigenvalue weighted by molar-refractivity contribution is 5.90. The summed E-state index contributed by atoms with van der Waals surface area (Å²) in [6, 6.07) is 11.9. The predicted octanol–water partition coefficient (Wildman–Crippen LogP) is 4.31. The summed E-state index contributed by atoms with van der Waals surface area (Å²) in [4.78, 5) is 55.8. The lowest BCUT2D eigenvalue weighted by molar-refractivity contribution is -0.302. The van der Waals surface area contributed by atoms with E-state index in [2.05, 4.69) is 4.98 Å². The lowest BCUT2D eigenvalue weighted by Crippen LogP contribution is -2.76. The van der Waals surface area contributed by atoms with Gasteiger partial charge in [-0.05, 0) is 63.8 Å². The van der Waals surface area contributed by atoms with E-state index in [9.17, 15) is 19.2 Å². The van der Waals surface area contributed by atoms with Crippen LogP contribution in [0.4, 0.5) is 0 Å². The second kappa shape index (κ2) is 10.8. The maximum atomic E-state index is 13.5. The third-order valence-electron chi connectivity index (χ3n) is 9.34. The average molecular weight is 580 g/mol. The van der Waals surface area contributed by atoms with Crippen LogP contribution in [0.2, 0.25) is 0 Å². The number of pyridine rings is 1. The number of hydrogen-bond donors (Lipinski definition) is 0. The number of esters is 4. The molecular formula is C32H37NO9. The number of ether oxygens (including phenoxy) is 5. The molecule has 42 heavy (non-hydrogen) atoms. The fourth-order valence-corrected chi connectivity index (χ4v) is 7.61. The third kappa shape index (κ3) is 4.75. The molecule has 0 unspecified atom stereocenters. The van der Waals surface area contributed by atoms with E-state index in [1.165, 1.54) is 20.0 Å². The highest BCUT2D eigenvalue weighted by Crippen LogP contribution is 2.68. The van der Waals surface area contributed by atoms with Gasteiger partial charge in [-0.3, -0.25) is 14.6 Å². The molecule has 5 rings (SSSR count). The summed E-state index contributed by atoms with van der Waals surface area (Å²) >= 11 is 0. The first-order chi connectivity index (χ1) is 19.8. The van der Waals surface area contributed by atoms with Crippen LogP contribution in [0.5, 0.6) is 0 Å². The van der Waals surface area contributed by atoms with E-state index < -0.39 is 64.9 Å². The number of nitrogens with zero attached hydrogens (tertiary/aromatic N) is 1. The standard InChI is InChI=1S/C32H37NO9/c1-18-15-24(38-19(2)34)27(39-20(3)35)31(6)25(40-28(36)21-11-8-7-9-12-21)16-23-26(32(18,31)42-30(23,4)5)41-29(37)22-13-10-14-33-17-22/h7-14,17-18,23-27H,15-16H2,1-6H3/t18-,23-,24+,25+,26-,27+,31-,32-/m1/s1. The number of carbonyl (C=O) groups is 4. The minimum absolute atomic E-state index is 0.242. The summed E-state index contributed by atoms with van der Waals surface area (Å²) in [6.07, 6.45) is -0.0763. The molecule has 10 nitrogen and oxygen atoms in total. The van der Waals surface area contributed by atoms with Crippen molar-refractivity contribution in [3.8, 4) is 0 Å². The highest BCUT2D eigenvalue weighted by Gasteiger charge is 2.80. The number of benzene rings is 1. The third-order valence-corrected chi connectivity index (χ3v) is 9.34. The summed E-state index contributed by atoms with van der Waals surface area (Å²) in [7, 11) is 0. The van der Waals surface area contributed by atoms with Gasteiger partial charge in [0.25, 0.3) is 0 Å². The number of rotatable bonds is 6.